The van der Waals surface area contributed by atoms with Crippen LogP contribution >= 0.6 is 27.7 Å². The van der Waals surface area contributed by atoms with Crippen molar-refractivity contribution in [1.29, 1.82) is 0 Å². The van der Waals surface area contributed by atoms with Crippen molar-refractivity contribution >= 4 is 27.7 Å². The van der Waals surface area contributed by atoms with Gasteiger partial charge in [-0.25, -0.2) is 4.39 Å². The van der Waals surface area contributed by atoms with Crippen LogP contribution < -0.4 is 5.32 Å². The van der Waals surface area contributed by atoms with E-state index < -0.39 is 0 Å². The number of hydrogen-bond acceptors (Lipinski definition) is 2. The van der Waals surface area contributed by atoms with E-state index in [-0.39, 0.29) is 5.82 Å². The maximum atomic E-state index is 13.8. The SMILES string of the molecule is CCNC(CSC(C)CC)Cc1cc(Br)ccc1F. The van der Waals surface area contributed by atoms with Crippen LogP contribution in [0.3, 0.4) is 0 Å². The largest absolute Gasteiger partial charge is 0.313 e. The predicted octanol–water partition coefficient (Wildman–Crippen LogP) is 4.64. The van der Waals surface area contributed by atoms with Crippen molar-refractivity contribution in [3.8, 4) is 0 Å². The van der Waals surface area contributed by atoms with Gasteiger partial charge >= 0.3 is 0 Å². The lowest BCUT2D eigenvalue weighted by Crippen LogP contribution is -2.34. The smallest absolute Gasteiger partial charge is 0.126 e. The number of nitrogens with one attached hydrogen (secondary N) is 1. The minimum atomic E-state index is -0.111. The van der Waals surface area contributed by atoms with Crippen molar-refractivity contribution < 1.29 is 4.39 Å². The van der Waals surface area contributed by atoms with Gasteiger partial charge in [0.05, 0.1) is 0 Å². The molecule has 0 aromatic heterocycles. The van der Waals surface area contributed by atoms with Crippen molar-refractivity contribution in [2.75, 3.05) is 12.3 Å². The van der Waals surface area contributed by atoms with Gasteiger partial charge in [-0.05, 0) is 43.1 Å². The average Bonchev–Trinajstić information content (AvgIpc) is 2.40. The first-order valence-corrected chi connectivity index (χ1v) is 8.69. The molecule has 0 aliphatic heterocycles. The summed E-state index contributed by atoms with van der Waals surface area (Å²) in [7, 11) is 0. The Bertz CT molecular complexity index is 386. The number of thioether (sulfide) groups is 1. The van der Waals surface area contributed by atoms with Crippen LogP contribution in [-0.4, -0.2) is 23.6 Å². The summed E-state index contributed by atoms with van der Waals surface area (Å²) in [6.07, 6.45) is 1.91. The molecule has 108 valence electrons. The molecule has 1 N–H and O–H groups in total. The molecule has 19 heavy (non-hydrogen) atoms. The molecule has 0 aliphatic rings. The molecule has 0 spiro atoms. The van der Waals surface area contributed by atoms with Gasteiger partial charge in [-0.1, -0.05) is 36.7 Å². The molecular formula is C15H23BrFNS. The van der Waals surface area contributed by atoms with Gasteiger partial charge in [0, 0.05) is 21.5 Å². The second-order valence-electron chi connectivity index (χ2n) is 4.75. The predicted molar refractivity (Wildman–Crippen MR) is 87.5 cm³/mol. The minimum Gasteiger partial charge on any atom is -0.313 e. The Hall–Kier alpha value is -0.0600. The second kappa shape index (κ2) is 8.98. The van der Waals surface area contributed by atoms with E-state index in [0.717, 1.165) is 28.8 Å². The molecule has 4 heteroatoms. The third-order valence-corrected chi connectivity index (χ3v) is 5.11. The molecule has 2 atom stereocenters. The fraction of sp³-hybridized carbons (Fsp3) is 0.600. The van der Waals surface area contributed by atoms with E-state index in [0.29, 0.717) is 11.3 Å². The van der Waals surface area contributed by atoms with Crippen molar-refractivity contribution in [2.24, 2.45) is 0 Å². The molecule has 0 bridgehead atoms. The van der Waals surface area contributed by atoms with Gasteiger partial charge in [0.1, 0.15) is 5.82 Å². The summed E-state index contributed by atoms with van der Waals surface area (Å²) < 4.78 is 14.7. The second-order valence-corrected chi connectivity index (χ2v) is 7.13. The van der Waals surface area contributed by atoms with Gasteiger partial charge < -0.3 is 5.32 Å². The zero-order valence-electron chi connectivity index (χ0n) is 11.9. The van der Waals surface area contributed by atoms with Gasteiger partial charge in [0.2, 0.25) is 0 Å². The van der Waals surface area contributed by atoms with Gasteiger partial charge in [0.15, 0.2) is 0 Å². The lowest BCUT2D eigenvalue weighted by molar-refractivity contribution is 0.544. The number of halogens is 2. The quantitative estimate of drug-likeness (QED) is 0.734. The van der Waals surface area contributed by atoms with E-state index in [4.69, 9.17) is 0 Å². The van der Waals surface area contributed by atoms with Gasteiger partial charge in [-0.3, -0.25) is 0 Å². The van der Waals surface area contributed by atoms with Gasteiger partial charge in [-0.2, -0.15) is 11.8 Å². The average molecular weight is 348 g/mol. The van der Waals surface area contributed by atoms with Crippen LogP contribution in [0.25, 0.3) is 0 Å². The normalized spacial score (nSPS) is 14.4. The zero-order valence-corrected chi connectivity index (χ0v) is 14.3. The lowest BCUT2D eigenvalue weighted by Gasteiger charge is -2.20. The fourth-order valence-corrected chi connectivity index (χ4v) is 3.28. The maximum absolute atomic E-state index is 13.8. The Morgan fingerprint density at radius 3 is 2.74 bits per heavy atom. The van der Waals surface area contributed by atoms with E-state index in [1.165, 1.54) is 12.5 Å². The molecular weight excluding hydrogens is 325 g/mol. The van der Waals surface area contributed by atoms with Crippen LogP contribution in [-0.2, 0) is 6.42 Å². The molecule has 2 unspecified atom stereocenters. The zero-order chi connectivity index (χ0) is 14.3. The van der Waals surface area contributed by atoms with Crippen LogP contribution in [0.5, 0.6) is 0 Å². The van der Waals surface area contributed by atoms with E-state index in [1.807, 2.05) is 17.8 Å². The van der Waals surface area contributed by atoms with E-state index in [1.54, 1.807) is 6.07 Å². The standard InChI is InChI=1S/C15H23BrFNS/c1-4-11(3)19-10-14(18-5-2)9-12-8-13(16)6-7-15(12)17/h6-8,11,14,18H,4-5,9-10H2,1-3H3. The molecule has 0 fully saturated rings. The Morgan fingerprint density at radius 2 is 2.11 bits per heavy atom. The Kier molecular flexibility index (Phi) is 8.03. The Labute approximate surface area is 128 Å². The molecule has 1 nitrogen and oxygen atoms in total. The van der Waals surface area contributed by atoms with Crippen LogP contribution in [0, 0.1) is 5.82 Å². The van der Waals surface area contributed by atoms with Crippen LogP contribution in [0.1, 0.15) is 32.8 Å². The maximum Gasteiger partial charge on any atom is 0.126 e. The van der Waals surface area contributed by atoms with E-state index >= 15 is 0 Å². The third-order valence-electron chi connectivity index (χ3n) is 3.12. The number of benzene rings is 1. The summed E-state index contributed by atoms with van der Waals surface area (Å²) in [5.41, 5.74) is 0.782. The van der Waals surface area contributed by atoms with Crippen molar-refractivity contribution in [1.82, 2.24) is 5.32 Å². The summed E-state index contributed by atoms with van der Waals surface area (Å²) in [6, 6.07) is 5.49. The third kappa shape index (κ3) is 6.28. The molecule has 0 radical (unpaired) electrons. The van der Waals surface area contributed by atoms with Crippen molar-refractivity contribution in [3.63, 3.8) is 0 Å². The molecule has 0 aliphatic carbocycles. The summed E-state index contributed by atoms with van der Waals surface area (Å²) in [4.78, 5) is 0. The summed E-state index contributed by atoms with van der Waals surface area (Å²) in [6.45, 7) is 7.46. The van der Waals surface area contributed by atoms with E-state index in [2.05, 4.69) is 42.0 Å². The van der Waals surface area contributed by atoms with Crippen LogP contribution in [0.15, 0.2) is 22.7 Å². The van der Waals surface area contributed by atoms with Crippen LogP contribution in [0.4, 0.5) is 4.39 Å². The number of rotatable bonds is 8. The minimum absolute atomic E-state index is 0.111. The molecule has 1 aromatic carbocycles. The van der Waals surface area contributed by atoms with Crippen LogP contribution in [0.2, 0.25) is 0 Å². The Morgan fingerprint density at radius 1 is 1.37 bits per heavy atom. The summed E-state index contributed by atoms with van der Waals surface area (Å²) in [5, 5.41) is 4.12. The molecule has 0 amide bonds. The first-order valence-electron chi connectivity index (χ1n) is 6.85. The Balaban J connectivity index is 2.63. The van der Waals surface area contributed by atoms with Crippen molar-refractivity contribution in [3.05, 3.63) is 34.1 Å². The highest BCUT2D eigenvalue weighted by Gasteiger charge is 2.13. The summed E-state index contributed by atoms with van der Waals surface area (Å²) in [5.74, 6) is 0.911. The first kappa shape index (κ1) is 17.0. The van der Waals surface area contributed by atoms with Gasteiger partial charge in [-0.15, -0.1) is 0 Å². The molecule has 0 heterocycles. The van der Waals surface area contributed by atoms with Gasteiger partial charge in [0.25, 0.3) is 0 Å². The topological polar surface area (TPSA) is 12.0 Å². The molecule has 1 aromatic rings. The molecule has 0 saturated carbocycles. The summed E-state index contributed by atoms with van der Waals surface area (Å²) >= 11 is 5.36. The highest BCUT2D eigenvalue weighted by Crippen LogP contribution is 2.20. The first-order chi connectivity index (χ1) is 9.06. The number of hydrogen-bond donors (Lipinski definition) is 1. The number of likely N-dealkylation sites (N-methyl/N-ethyl adjacent to an activating group) is 1. The highest BCUT2D eigenvalue weighted by atomic mass is 79.9. The molecule has 1 rings (SSSR count). The lowest BCUT2D eigenvalue weighted by atomic mass is 10.1. The van der Waals surface area contributed by atoms with Crippen molar-refractivity contribution in [2.45, 2.75) is 44.9 Å². The fourth-order valence-electron chi connectivity index (χ4n) is 1.84. The highest BCUT2D eigenvalue weighted by molar-refractivity contribution is 9.10. The van der Waals surface area contributed by atoms with E-state index in [9.17, 15) is 4.39 Å². The monoisotopic (exact) mass is 347 g/mol. The molecule has 0 saturated heterocycles.